The van der Waals surface area contributed by atoms with Crippen molar-refractivity contribution in [3.63, 3.8) is 0 Å². The molecule has 0 spiro atoms. The lowest BCUT2D eigenvalue weighted by Gasteiger charge is -2.08. The number of hydrogen-bond donors (Lipinski definition) is 0. The van der Waals surface area contributed by atoms with Crippen LogP contribution >= 0.6 is 0 Å². The van der Waals surface area contributed by atoms with E-state index in [4.69, 9.17) is 4.74 Å². The van der Waals surface area contributed by atoms with Crippen molar-refractivity contribution >= 4 is 5.97 Å². The highest BCUT2D eigenvalue weighted by atomic mass is 19.1. The lowest BCUT2D eigenvalue weighted by Crippen LogP contribution is -2.15. The minimum Gasteiger partial charge on any atom is -0.424 e. The van der Waals surface area contributed by atoms with Crippen LogP contribution in [0.4, 0.5) is 4.39 Å². The van der Waals surface area contributed by atoms with Crippen LogP contribution in [0.1, 0.15) is 11.7 Å². The summed E-state index contributed by atoms with van der Waals surface area (Å²) in [5.74, 6) is -0.557. The smallest absolute Gasteiger partial charge is 0.350 e. The Balaban J connectivity index is 2.06. The Kier molecular flexibility index (Phi) is 3.50. The minimum atomic E-state index is -1.75. The summed E-state index contributed by atoms with van der Waals surface area (Å²) in [5.41, 5.74) is 0.299. The van der Waals surface area contributed by atoms with Crippen molar-refractivity contribution in [2.24, 2.45) is 0 Å². The van der Waals surface area contributed by atoms with Gasteiger partial charge in [0, 0.05) is 0 Å². The van der Waals surface area contributed by atoms with E-state index in [1.165, 1.54) is 0 Å². The maximum atomic E-state index is 13.7. The molecule has 17 heavy (non-hydrogen) atoms. The van der Waals surface area contributed by atoms with E-state index in [-0.39, 0.29) is 0 Å². The zero-order valence-corrected chi connectivity index (χ0v) is 9.05. The zero-order chi connectivity index (χ0) is 12.1. The van der Waals surface area contributed by atoms with E-state index in [1.54, 1.807) is 60.7 Å². The fourth-order valence-electron chi connectivity index (χ4n) is 1.41. The highest BCUT2D eigenvalue weighted by molar-refractivity contribution is 5.78. The van der Waals surface area contributed by atoms with Crippen LogP contribution in [0.15, 0.2) is 60.7 Å². The van der Waals surface area contributed by atoms with Gasteiger partial charge in [-0.3, -0.25) is 0 Å². The number of benzene rings is 2. The maximum absolute atomic E-state index is 13.7. The van der Waals surface area contributed by atoms with Gasteiger partial charge in [-0.05, 0) is 17.7 Å². The average molecular weight is 230 g/mol. The highest BCUT2D eigenvalue weighted by Crippen LogP contribution is 2.20. The van der Waals surface area contributed by atoms with Crippen molar-refractivity contribution in [1.29, 1.82) is 0 Å². The van der Waals surface area contributed by atoms with E-state index in [9.17, 15) is 9.18 Å². The number of alkyl halides is 1. The molecule has 2 rings (SSSR count). The largest absolute Gasteiger partial charge is 0.424 e. The Morgan fingerprint density at radius 2 is 1.47 bits per heavy atom. The summed E-state index contributed by atoms with van der Waals surface area (Å²) < 4.78 is 18.7. The lowest BCUT2D eigenvalue weighted by atomic mass is 10.1. The number of hydrogen-bond acceptors (Lipinski definition) is 2. The number of esters is 1. The summed E-state index contributed by atoms with van der Waals surface area (Å²) in [6.45, 7) is 0. The average Bonchev–Trinajstić information content (AvgIpc) is 2.40. The number of para-hydroxylation sites is 1. The minimum absolute atomic E-state index is 0.299. The molecule has 0 aliphatic heterocycles. The summed E-state index contributed by atoms with van der Waals surface area (Å²) in [6.07, 6.45) is -1.75. The topological polar surface area (TPSA) is 26.3 Å². The van der Waals surface area contributed by atoms with Gasteiger partial charge in [-0.1, -0.05) is 48.5 Å². The van der Waals surface area contributed by atoms with E-state index >= 15 is 0 Å². The first kappa shape index (κ1) is 11.3. The second kappa shape index (κ2) is 5.25. The van der Waals surface area contributed by atoms with Crippen LogP contribution in [0, 0.1) is 0 Å². The SMILES string of the molecule is O=C(Oc1ccccc1)C(F)c1ccccc1. The maximum Gasteiger partial charge on any atom is 0.350 e. The molecule has 0 fully saturated rings. The zero-order valence-electron chi connectivity index (χ0n) is 9.05. The van der Waals surface area contributed by atoms with E-state index in [1.807, 2.05) is 0 Å². The first-order valence-electron chi connectivity index (χ1n) is 5.23. The number of carbonyl (C=O) groups excluding carboxylic acids is 1. The summed E-state index contributed by atoms with van der Waals surface area (Å²) in [5, 5.41) is 0. The molecule has 1 atom stereocenters. The molecule has 86 valence electrons. The van der Waals surface area contributed by atoms with Gasteiger partial charge in [0.1, 0.15) is 5.75 Å². The first-order valence-corrected chi connectivity index (χ1v) is 5.23. The van der Waals surface area contributed by atoms with Crippen molar-refractivity contribution in [2.45, 2.75) is 6.17 Å². The van der Waals surface area contributed by atoms with E-state index in [0.717, 1.165) is 0 Å². The van der Waals surface area contributed by atoms with Crippen LogP contribution in [0.5, 0.6) is 5.75 Å². The highest BCUT2D eigenvalue weighted by Gasteiger charge is 2.21. The van der Waals surface area contributed by atoms with Gasteiger partial charge >= 0.3 is 5.97 Å². The Hall–Kier alpha value is -2.16. The Morgan fingerprint density at radius 1 is 0.941 bits per heavy atom. The van der Waals surface area contributed by atoms with E-state index in [0.29, 0.717) is 11.3 Å². The molecule has 1 unspecified atom stereocenters. The third kappa shape index (κ3) is 2.91. The van der Waals surface area contributed by atoms with Crippen molar-refractivity contribution < 1.29 is 13.9 Å². The van der Waals surface area contributed by atoms with Gasteiger partial charge in [-0.15, -0.1) is 0 Å². The van der Waals surface area contributed by atoms with Crippen LogP contribution in [-0.2, 0) is 4.79 Å². The fourth-order valence-corrected chi connectivity index (χ4v) is 1.41. The molecule has 0 saturated carbocycles. The molecule has 0 heterocycles. The standard InChI is InChI=1S/C14H11FO2/c15-13(11-7-3-1-4-8-11)14(16)17-12-9-5-2-6-10-12/h1-10,13H. The van der Waals surface area contributed by atoms with Gasteiger partial charge < -0.3 is 4.74 Å². The van der Waals surface area contributed by atoms with Crippen LogP contribution in [0.2, 0.25) is 0 Å². The number of ether oxygens (including phenoxy) is 1. The molecule has 0 aliphatic carbocycles. The predicted octanol–water partition coefficient (Wildman–Crippen LogP) is 3.30. The Labute approximate surface area is 98.7 Å². The number of rotatable bonds is 3. The molecule has 2 aromatic carbocycles. The molecule has 2 aromatic rings. The molecule has 0 saturated heterocycles. The summed E-state index contributed by atoms with van der Waals surface area (Å²) in [4.78, 5) is 11.5. The van der Waals surface area contributed by atoms with E-state index < -0.39 is 12.1 Å². The second-order valence-electron chi connectivity index (χ2n) is 3.51. The summed E-state index contributed by atoms with van der Waals surface area (Å²) in [7, 11) is 0. The van der Waals surface area contributed by atoms with Crippen LogP contribution < -0.4 is 4.74 Å². The monoisotopic (exact) mass is 230 g/mol. The third-order valence-corrected chi connectivity index (χ3v) is 2.26. The molecule has 2 nitrogen and oxygen atoms in total. The molecular formula is C14H11FO2. The van der Waals surface area contributed by atoms with Crippen LogP contribution in [0.3, 0.4) is 0 Å². The fraction of sp³-hybridized carbons (Fsp3) is 0.0714. The Bertz CT molecular complexity index is 482. The first-order chi connectivity index (χ1) is 8.27. The van der Waals surface area contributed by atoms with Crippen molar-refractivity contribution in [3.05, 3.63) is 66.2 Å². The van der Waals surface area contributed by atoms with Crippen LogP contribution in [0.25, 0.3) is 0 Å². The number of carbonyl (C=O) groups is 1. The lowest BCUT2D eigenvalue weighted by molar-refractivity contribution is -0.140. The molecular weight excluding hydrogens is 219 g/mol. The molecule has 0 N–H and O–H groups in total. The summed E-state index contributed by atoms with van der Waals surface area (Å²) >= 11 is 0. The summed E-state index contributed by atoms with van der Waals surface area (Å²) in [6, 6.07) is 16.7. The quantitative estimate of drug-likeness (QED) is 0.597. The van der Waals surface area contributed by atoms with Gasteiger partial charge in [0.2, 0.25) is 6.17 Å². The van der Waals surface area contributed by atoms with Gasteiger partial charge in [0.15, 0.2) is 0 Å². The van der Waals surface area contributed by atoms with Crippen LogP contribution in [-0.4, -0.2) is 5.97 Å². The molecule has 0 amide bonds. The van der Waals surface area contributed by atoms with Gasteiger partial charge in [0.25, 0.3) is 0 Å². The Morgan fingerprint density at radius 3 is 2.06 bits per heavy atom. The van der Waals surface area contributed by atoms with E-state index in [2.05, 4.69) is 0 Å². The van der Waals surface area contributed by atoms with Gasteiger partial charge in [-0.2, -0.15) is 0 Å². The normalized spacial score (nSPS) is 11.8. The molecule has 0 bridgehead atoms. The van der Waals surface area contributed by atoms with Gasteiger partial charge in [-0.25, -0.2) is 9.18 Å². The predicted molar refractivity (Wildman–Crippen MR) is 62.4 cm³/mol. The molecule has 0 aromatic heterocycles. The third-order valence-electron chi connectivity index (χ3n) is 2.26. The van der Waals surface area contributed by atoms with Crippen molar-refractivity contribution in [3.8, 4) is 5.75 Å². The number of halogens is 1. The molecule has 0 aliphatic rings. The second-order valence-corrected chi connectivity index (χ2v) is 3.51. The van der Waals surface area contributed by atoms with Crippen molar-refractivity contribution in [2.75, 3.05) is 0 Å². The van der Waals surface area contributed by atoms with Crippen molar-refractivity contribution in [1.82, 2.24) is 0 Å². The molecule has 0 radical (unpaired) electrons. The molecule has 3 heteroatoms. The van der Waals surface area contributed by atoms with Gasteiger partial charge in [0.05, 0.1) is 0 Å².